The molecule has 0 radical (unpaired) electrons. The molecule has 2 N–H and O–H groups in total. The summed E-state index contributed by atoms with van der Waals surface area (Å²) in [6.45, 7) is 6.31. The Morgan fingerprint density at radius 2 is 1.84 bits per heavy atom. The third-order valence-corrected chi connectivity index (χ3v) is 14.1. The summed E-state index contributed by atoms with van der Waals surface area (Å²) in [7, 11) is 1.52. The average Bonchev–Trinajstić information content (AvgIpc) is 3.79. The molecule has 0 bridgehead atoms. The van der Waals surface area contributed by atoms with Crippen LogP contribution >= 0.6 is 11.6 Å². The van der Waals surface area contributed by atoms with Crippen molar-refractivity contribution in [1.82, 2.24) is 30.0 Å². The Morgan fingerprint density at radius 1 is 1.02 bits per heavy atom. The van der Waals surface area contributed by atoms with E-state index in [2.05, 4.69) is 15.1 Å². The van der Waals surface area contributed by atoms with E-state index < -0.39 is 11.4 Å². The SMILES string of the molecule is COc1nc(-c2c(C3CC3)c(Cl)cc3[nH]ncc23)c(F)c2nc(OCC34CCCC3N(C3CCC5(CC3)COC5)CCC4)nc(N3CCOC[C@@](C)(O)C3)c12. The number of aromatic nitrogens is 5. The molecule has 3 atom stereocenters. The van der Waals surface area contributed by atoms with E-state index in [9.17, 15) is 5.11 Å². The van der Waals surface area contributed by atoms with E-state index >= 15 is 4.39 Å². The third-order valence-electron chi connectivity index (χ3n) is 13.8. The highest BCUT2D eigenvalue weighted by Crippen LogP contribution is 2.53. The van der Waals surface area contributed by atoms with Gasteiger partial charge in [0.25, 0.3) is 0 Å². The first-order chi connectivity index (χ1) is 26.7. The van der Waals surface area contributed by atoms with Crippen molar-refractivity contribution in [3.8, 4) is 23.1 Å². The van der Waals surface area contributed by atoms with Crippen molar-refractivity contribution in [3.63, 3.8) is 0 Å². The highest BCUT2D eigenvalue weighted by Gasteiger charge is 2.52. The van der Waals surface area contributed by atoms with Gasteiger partial charge in [0, 0.05) is 45.4 Å². The van der Waals surface area contributed by atoms with Crippen LogP contribution in [0.25, 0.3) is 33.1 Å². The molecule has 6 fully saturated rings. The fourth-order valence-electron chi connectivity index (χ4n) is 10.8. The van der Waals surface area contributed by atoms with Crippen molar-refractivity contribution < 1.29 is 28.4 Å². The summed E-state index contributed by atoms with van der Waals surface area (Å²) in [6.07, 6.45) is 14.2. The molecule has 6 aliphatic rings. The number of anilines is 1. The largest absolute Gasteiger partial charge is 0.480 e. The molecule has 12 nitrogen and oxygen atoms in total. The lowest BCUT2D eigenvalue weighted by molar-refractivity contribution is -0.143. The minimum Gasteiger partial charge on any atom is -0.480 e. The highest BCUT2D eigenvalue weighted by atomic mass is 35.5. The standard InChI is InChI=1S/C41H51ClFN7O5/c1-39(51)19-49(15-16-53-20-39)36-32-35(33(43)34(45-37(32)52-2)31-26-18-44-48-28(26)17-27(42)30(31)24-6-7-24)46-38(47-36)55-23-41-10-3-5-29(41)50(14-4-11-41)25-8-12-40(13-9-25)21-54-22-40/h17-18,24-25,29,51H,3-16,19-23H2,1-2H3,(H,44,48)/t29?,39-,41?/m0/s1. The second kappa shape index (κ2) is 13.6. The van der Waals surface area contributed by atoms with Crippen LogP contribution in [0, 0.1) is 16.6 Å². The zero-order valence-electron chi connectivity index (χ0n) is 31.8. The molecule has 3 saturated heterocycles. The van der Waals surface area contributed by atoms with Crippen molar-refractivity contribution >= 4 is 39.2 Å². The molecular weight excluding hydrogens is 725 g/mol. The van der Waals surface area contributed by atoms with Gasteiger partial charge in [-0.25, -0.2) is 9.37 Å². The van der Waals surface area contributed by atoms with Crippen LogP contribution in [0.15, 0.2) is 12.3 Å². The maximum Gasteiger partial charge on any atom is 0.319 e. The van der Waals surface area contributed by atoms with E-state index in [0.717, 1.165) is 75.7 Å². The number of halogens is 2. The van der Waals surface area contributed by atoms with Gasteiger partial charge in [-0.15, -0.1) is 0 Å². The molecule has 1 spiro atoms. The number of ether oxygens (including phenoxy) is 4. The lowest BCUT2D eigenvalue weighted by atomic mass is 9.69. The number of benzene rings is 1. The van der Waals surface area contributed by atoms with Crippen LogP contribution < -0.4 is 14.4 Å². The Labute approximate surface area is 325 Å². The summed E-state index contributed by atoms with van der Waals surface area (Å²) in [5.74, 6) is 0.154. The van der Waals surface area contributed by atoms with Crippen LogP contribution in [0.2, 0.25) is 5.02 Å². The molecule has 4 aromatic rings. The fraction of sp³-hybridized carbons (Fsp3) is 0.659. The number of piperidine rings is 1. The number of fused-ring (bicyclic) bond motifs is 3. The van der Waals surface area contributed by atoms with Crippen molar-refractivity contribution in [3.05, 3.63) is 28.7 Å². The first-order valence-electron chi connectivity index (χ1n) is 20.3. The van der Waals surface area contributed by atoms with E-state index in [-0.39, 0.29) is 47.6 Å². The van der Waals surface area contributed by atoms with Gasteiger partial charge in [-0.3, -0.25) is 10.00 Å². The molecule has 6 heterocycles. The van der Waals surface area contributed by atoms with Crippen LogP contribution in [0.1, 0.15) is 89.0 Å². The molecule has 294 valence electrons. The maximum absolute atomic E-state index is 17.6. The minimum atomic E-state index is -1.17. The molecule has 10 rings (SSSR count). The van der Waals surface area contributed by atoms with Gasteiger partial charge in [-0.2, -0.15) is 15.1 Å². The van der Waals surface area contributed by atoms with Crippen LogP contribution in [0.4, 0.5) is 10.2 Å². The van der Waals surface area contributed by atoms with Gasteiger partial charge in [-0.05, 0) is 95.2 Å². The Hall–Kier alpha value is -3.36. The molecule has 3 aliphatic carbocycles. The summed E-state index contributed by atoms with van der Waals surface area (Å²) >= 11 is 6.90. The number of likely N-dealkylation sites (tertiary alicyclic amines) is 1. The molecule has 14 heteroatoms. The van der Waals surface area contributed by atoms with E-state index in [1.54, 1.807) is 13.1 Å². The number of nitrogens with one attached hydrogen (secondary N) is 1. The van der Waals surface area contributed by atoms with Gasteiger partial charge in [0.1, 0.15) is 28.0 Å². The number of methoxy groups -OCH3 is 1. The lowest BCUT2D eigenvalue weighted by Crippen LogP contribution is -2.57. The molecule has 55 heavy (non-hydrogen) atoms. The van der Waals surface area contributed by atoms with Gasteiger partial charge in [0.15, 0.2) is 5.82 Å². The van der Waals surface area contributed by atoms with E-state index in [1.807, 2.05) is 11.0 Å². The first-order valence-corrected chi connectivity index (χ1v) is 20.7. The summed E-state index contributed by atoms with van der Waals surface area (Å²) in [5.41, 5.74) is 1.51. The van der Waals surface area contributed by atoms with Crippen LogP contribution in [-0.4, -0.2) is 113 Å². The number of rotatable bonds is 8. The molecule has 1 aromatic carbocycles. The zero-order chi connectivity index (χ0) is 37.5. The quantitative estimate of drug-likeness (QED) is 0.196. The summed E-state index contributed by atoms with van der Waals surface area (Å²) in [6, 6.07) is 2.99. The van der Waals surface area contributed by atoms with Crippen LogP contribution in [0.3, 0.4) is 0 Å². The molecule has 3 aromatic heterocycles. The number of hydrogen-bond donors (Lipinski definition) is 2. The normalized spacial score (nSPS) is 28.7. The monoisotopic (exact) mass is 775 g/mol. The lowest BCUT2D eigenvalue weighted by Gasteiger charge is -2.53. The van der Waals surface area contributed by atoms with Gasteiger partial charge in [0.05, 0.1) is 58.4 Å². The average molecular weight is 776 g/mol. The predicted octanol–water partition coefficient (Wildman–Crippen LogP) is 6.81. The van der Waals surface area contributed by atoms with Crippen molar-refractivity contribution in [1.29, 1.82) is 0 Å². The molecule has 0 amide bonds. The molecular formula is C41H51ClFN7O5. The van der Waals surface area contributed by atoms with Crippen LogP contribution in [0.5, 0.6) is 11.9 Å². The number of nitrogens with zero attached hydrogens (tertiary/aromatic N) is 6. The Balaban J connectivity index is 1.06. The predicted molar refractivity (Wildman–Crippen MR) is 207 cm³/mol. The van der Waals surface area contributed by atoms with Crippen molar-refractivity contribution in [2.75, 3.05) is 64.7 Å². The molecule has 3 aliphatic heterocycles. The minimum absolute atomic E-state index is 0.0297. The Morgan fingerprint density at radius 3 is 2.60 bits per heavy atom. The summed E-state index contributed by atoms with van der Waals surface area (Å²) in [4.78, 5) is 19.5. The van der Waals surface area contributed by atoms with Gasteiger partial charge in [0.2, 0.25) is 5.88 Å². The van der Waals surface area contributed by atoms with Gasteiger partial charge < -0.3 is 29.0 Å². The Kier molecular flexibility index (Phi) is 8.93. The summed E-state index contributed by atoms with van der Waals surface area (Å²) in [5, 5.41) is 20.1. The number of pyridine rings is 1. The smallest absolute Gasteiger partial charge is 0.319 e. The van der Waals surface area contributed by atoms with Gasteiger partial charge in [-0.1, -0.05) is 18.0 Å². The zero-order valence-corrected chi connectivity index (χ0v) is 32.6. The van der Waals surface area contributed by atoms with E-state index in [4.69, 9.17) is 45.5 Å². The summed E-state index contributed by atoms with van der Waals surface area (Å²) < 4.78 is 41.7. The first kappa shape index (κ1) is 36.0. The molecule has 2 unspecified atom stereocenters. The number of aliphatic hydroxyl groups is 1. The molecule has 3 saturated carbocycles. The van der Waals surface area contributed by atoms with Crippen LogP contribution in [-0.2, 0) is 9.47 Å². The van der Waals surface area contributed by atoms with Crippen molar-refractivity contribution in [2.24, 2.45) is 10.8 Å². The number of aromatic amines is 1. The second-order valence-corrected chi connectivity index (χ2v) is 18.1. The van der Waals surface area contributed by atoms with Crippen molar-refractivity contribution in [2.45, 2.75) is 101 Å². The second-order valence-electron chi connectivity index (χ2n) is 17.7. The topological polar surface area (TPSA) is 131 Å². The number of H-pyrrole nitrogens is 1. The third kappa shape index (κ3) is 6.23. The van der Waals surface area contributed by atoms with Gasteiger partial charge >= 0.3 is 6.01 Å². The van der Waals surface area contributed by atoms with E-state index in [0.29, 0.717) is 64.6 Å². The Bertz CT molecular complexity index is 2110. The van der Waals surface area contributed by atoms with E-state index in [1.165, 1.54) is 32.8 Å². The highest BCUT2D eigenvalue weighted by molar-refractivity contribution is 6.33. The number of hydrogen-bond acceptors (Lipinski definition) is 11. The fourth-order valence-corrected chi connectivity index (χ4v) is 11.2. The number of β-amino-alcohol motifs (C(OH)–C–C–N with tert-alkyl or cyclic N) is 1. The maximum atomic E-state index is 17.6.